The first-order valence-electron chi connectivity index (χ1n) is 7.99. The Bertz CT molecular complexity index is 648. The molecule has 3 heteroatoms. The summed E-state index contributed by atoms with van der Waals surface area (Å²) in [5.41, 5.74) is 1.53. The number of anilines is 1. The van der Waals surface area contributed by atoms with Crippen LogP contribution in [0.2, 0.25) is 0 Å². The van der Waals surface area contributed by atoms with Gasteiger partial charge in [-0.2, -0.15) is 0 Å². The van der Waals surface area contributed by atoms with E-state index in [4.69, 9.17) is 9.72 Å². The average Bonchev–Trinajstić information content (AvgIpc) is 2.84. The summed E-state index contributed by atoms with van der Waals surface area (Å²) < 4.78 is 5.57. The molecule has 0 bridgehead atoms. The normalized spacial score (nSPS) is 24.8. The van der Waals surface area contributed by atoms with Crippen molar-refractivity contribution in [3.63, 3.8) is 0 Å². The van der Waals surface area contributed by atoms with Crippen molar-refractivity contribution in [3.05, 3.63) is 36.4 Å². The minimum absolute atomic E-state index is 0.436. The third kappa shape index (κ3) is 2.11. The van der Waals surface area contributed by atoms with Crippen LogP contribution in [0, 0.1) is 5.41 Å². The van der Waals surface area contributed by atoms with Gasteiger partial charge in [0.25, 0.3) is 0 Å². The van der Waals surface area contributed by atoms with E-state index in [9.17, 15) is 0 Å². The van der Waals surface area contributed by atoms with Gasteiger partial charge in [0.2, 0.25) is 0 Å². The first-order valence-corrected chi connectivity index (χ1v) is 7.99. The van der Waals surface area contributed by atoms with Crippen LogP contribution < -0.4 is 4.90 Å². The number of aromatic nitrogens is 1. The Morgan fingerprint density at radius 2 is 1.90 bits per heavy atom. The smallest absolute Gasteiger partial charge is 0.129 e. The standard InChI is InChI=1S/C18H22N2O/c1-14-18(9-12-21-13-10-18)8-11-20(14)17-7-6-15-4-2-3-5-16(15)19-17/h2-7,14H,8-13H2,1H3/t14-/m0/s1. The first kappa shape index (κ1) is 13.1. The molecule has 2 aliphatic rings. The Labute approximate surface area is 125 Å². The van der Waals surface area contributed by atoms with Gasteiger partial charge in [-0.05, 0) is 49.8 Å². The Hall–Kier alpha value is -1.61. The fourth-order valence-electron chi connectivity index (χ4n) is 4.05. The highest BCUT2D eigenvalue weighted by atomic mass is 16.5. The van der Waals surface area contributed by atoms with Gasteiger partial charge < -0.3 is 9.64 Å². The van der Waals surface area contributed by atoms with Crippen LogP contribution in [0.25, 0.3) is 10.9 Å². The summed E-state index contributed by atoms with van der Waals surface area (Å²) in [7, 11) is 0. The number of rotatable bonds is 1. The fourth-order valence-corrected chi connectivity index (χ4v) is 4.05. The van der Waals surface area contributed by atoms with Crippen molar-refractivity contribution in [1.82, 2.24) is 4.98 Å². The van der Waals surface area contributed by atoms with Gasteiger partial charge in [0.05, 0.1) is 5.52 Å². The summed E-state index contributed by atoms with van der Waals surface area (Å²) in [4.78, 5) is 7.38. The summed E-state index contributed by atoms with van der Waals surface area (Å²) in [5.74, 6) is 1.13. The van der Waals surface area contributed by atoms with E-state index in [0.29, 0.717) is 11.5 Å². The fraction of sp³-hybridized carbons (Fsp3) is 0.500. The number of benzene rings is 1. The maximum atomic E-state index is 5.57. The van der Waals surface area contributed by atoms with E-state index in [1.165, 1.54) is 24.6 Å². The molecule has 0 amide bonds. The molecule has 0 unspecified atom stereocenters. The summed E-state index contributed by atoms with van der Waals surface area (Å²) in [6, 6.07) is 13.3. The number of hydrogen-bond donors (Lipinski definition) is 0. The van der Waals surface area contributed by atoms with Crippen LogP contribution in [0.3, 0.4) is 0 Å². The SMILES string of the molecule is C[C@@H]1N(c2ccc3ccccc3n2)CCC12CCOCC2. The van der Waals surface area contributed by atoms with Crippen molar-refractivity contribution < 1.29 is 4.74 Å². The molecule has 1 aromatic heterocycles. The highest BCUT2D eigenvalue weighted by Gasteiger charge is 2.45. The van der Waals surface area contributed by atoms with E-state index in [0.717, 1.165) is 31.1 Å². The molecule has 1 aromatic carbocycles. The number of ether oxygens (including phenoxy) is 1. The van der Waals surface area contributed by atoms with E-state index < -0.39 is 0 Å². The predicted molar refractivity (Wildman–Crippen MR) is 85.7 cm³/mol. The number of para-hydroxylation sites is 1. The zero-order valence-electron chi connectivity index (χ0n) is 12.6. The van der Waals surface area contributed by atoms with E-state index in [2.05, 4.69) is 48.2 Å². The third-order valence-electron chi connectivity index (χ3n) is 5.57. The second-order valence-corrected chi connectivity index (χ2v) is 6.46. The van der Waals surface area contributed by atoms with Gasteiger partial charge >= 0.3 is 0 Å². The Morgan fingerprint density at radius 1 is 1.10 bits per heavy atom. The van der Waals surface area contributed by atoms with Gasteiger partial charge in [-0.1, -0.05) is 18.2 Å². The minimum Gasteiger partial charge on any atom is -0.381 e. The van der Waals surface area contributed by atoms with Crippen molar-refractivity contribution in [2.45, 2.75) is 32.2 Å². The lowest BCUT2D eigenvalue weighted by molar-refractivity contribution is 0.0128. The molecule has 0 aliphatic carbocycles. The molecule has 110 valence electrons. The zero-order valence-corrected chi connectivity index (χ0v) is 12.6. The Balaban J connectivity index is 1.66. The number of fused-ring (bicyclic) bond motifs is 1. The zero-order chi connectivity index (χ0) is 14.3. The summed E-state index contributed by atoms with van der Waals surface area (Å²) in [6.45, 7) is 5.33. The molecule has 2 saturated heterocycles. The number of pyridine rings is 1. The first-order chi connectivity index (χ1) is 10.3. The van der Waals surface area contributed by atoms with E-state index in [1.54, 1.807) is 0 Å². The average molecular weight is 282 g/mol. The quantitative estimate of drug-likeness (QED) is 0.798. The molecule has 21 heavy (non-hydrogen) atoms. The molecular formula is C18H22N2O. The predicted octanol–water partition coefficient (Wildman–Crippen LogP) is 3.63. The van der Waals surface area contributed by atoms with Crippen LogP contribution in [-0.4, -0.2) is 30.8 Å². The lowest BCUT2D eigenvalue weighted by Crippen LogP contribution is -2.41. The Morgan fingerprint density at radius 3 is 2.76 bits per heavy atom. The summed E-state index contributed by atoms with van der Waals surface area (Å²) >= 11 is 0. The highest BCUT2D eigenvalue weighted by Crippen LogP contribution is 2.46. The van der Waals surface area contributed by atoms with Gasteiger partial charge in [0.1, 0.15) is 5.82 Å². The van der Waals surface area contributed by atoms with Crippen LogP contribution in [0.1, 0.15) is 26.2 Å². The largest absolute Gasteiger partial charge is 0.381 e. The molecule has 2 fully saturated rings. The molecule has 2 aromatic rings. The molecule has 0 saturated carbocycles. The van der Waals surface area contributed by atoms with E-state index in [-0.39, 0.29) is 0 Å². The van der Waals surface area contributed by atoms with E-state index in [1.807, 2.05) is 0 Å². The van der Waals surface area contributed by atoms with Crippen LogP contribution in [-0.2, 0) is 4.74 Å². The lowest BCUT2D eigenvalue weighted by atomic mass is 9.74. The summed E-state index contributed by atoms with van der Waals surface area (Å²) in [5, 5.41) is 1.22. The third-order valence-corrected chi connectivity index (χ3v) is 5.57. The molecule has 0 N–H and O–H groups in total. The molecule has 4 rings (SSSR count). The van der Waals surface area contributed by atoms with Crippen molar-refractivity contribution >= 4 is 16.7 Å². The van der Waals surface area contributed by atoms with Gasteiger partial charge in [-0.25, -0.2) is 4.98 Å². The molecule has 0 radical (unpaired) electrons. The van der Waals surface area contributed by atoms with E-state index >= 15 is 0 Å². The summed E-state index contributed by atoms with van der Waals surface area (Å²) in [6.07, 6.45) is 3.66. The van der Waals surface area contributed by atoms with Crippen LogP contribution >= 0.6 is 0 Å². The van der Waals surface area contributed by atoms with Crippen LogP contribution in [0.15, 0.2) is 36.4 Å². The molecule has 3 heterocycles. The highest BCUT2D eigenvalue weighted by molar-refractivity contribution is 5.80. The monoisotopic (exact) mass is 282 g/mol. The van der Waals surface area contributed by atoms with Crippen LogP contribution in [0.5, 0.6) is 0 Å². The minimum atomic E-state index is 0.436. The van der Waals surface area contributed by atoms with Crippen molar-refractivity contribution in [2.75, 3.05) is 24.7 Å². The molecule has 1 atom stereocenters. The Kier molecular flexibility index (Phi) is 3.11. The molecule has 1 spiro atoms. The molecular weight excluding hydrogens is 260 g/mol. The maximum Gasteiger partial charge on any atom is 0.129 e. The lowest BCUT2D eigenvalue weighted by Gasteiger charge is -2.39. The molecule has 2 aliphatic heterocycles. The van der Waals surface area contributed by atoms with Crippen molar-refractivity contribution in [1.29, 1.82) is 0 Å². The van der Waals surface area contributed by atoms with Crippen molar-refractivity contribution in [2.24, 2.45) is 5.41 Å². The van der Waals surface area contributed by atoms with Crippen molar-refractivity contribution in [3.8, 4) is 0 Å². The maximum absolute atomic E-state index is 5.57. The second kappa shape index (κ2) is 4.99. The van der Waals surface area contributed by atoms with Gasteiger partial charge in [0, 0.05) is 31.2 Å². The number of hydrogen-bond acceptors (Lipinski definition) is 3. The second-order valence-electron chi connectivity index (χ2n) is 6.46. The van der Waals surface area contributed by atoms with Gasteiger partial charge in [-0.15, -0.1) is 0 Å². The topological polar surface area (TPSA) is 25.4 Å². The molecule has 3 nitrogen and oxygen atoms in total. The van der Waals surface area contributed by atoms with Gasteiger partial charge in [0.15, 0.2) is 0 Å². The van der Waals surface area contributed by atoms with Crippen LogP contribution in [0.4, 0.5) is 5.82 Å². The van der Waals surface area contributed by atoms with Gasteiger partial charge in [-0.3, -0.25) is 0 Å². The number of nitrogens with zero attached hydrogens (tertiary/aromatic N) is 2.